The van der Waals surface area contributed by atoms with Crippen LogP contribution in [0.1, 0.15) is 19.8 Å². The number of ketones is 1. The van der Waals surface area contributed by atoms with Crippen molar-refractivity contribution >= 4 is 17.5 Å². The molecule has 0 aromatic carbocycles. The molecule has 1 heterocycles. The fraction of sp³-hybridized carbons (Fsp3) is 0.500. The van der Waals surface area contributed by atoms with Crippen molar-refractivity contribution in [2.45, 2.75) is 25.0 Å². The van der Waals surface area contributed by atoms with E-state index in [1.54, 1.807) is 19.4 Å². The largest absolute Gasteiger partial charge is 0.440 e. The Bertz CT molecular complexity index is 233. The summed E-state index contributed by atoms with van der Waals surface area (Å²) in [5.41, 5.74) is 0. The molecule has 0 bridgehead atoms. The maximum Gasteiger partial charge on any atom is 0.255 e. The number of rotatable bonds is 5. The summed E-state index contributed by atoms with van der Waals surface area (Å²) in [7, 11) is 0. The van der Waals surface area contributed by atoms with E-state index in [1.807, 2.05) is 0 Å². The Hall–Kier alpha value is -0.770. The predicted octanol–water partition coefficient (Wildman–Crippen LogP) is 2.14. The highest BCUT2D eigenvalue weighted by Gasteiger charge is 1.98. The summed E-state index contributed by atoms with van der Waals surface area (Å²) in [6.45, 7) is 1.61. The molecule has 66 valence electrons. The Morgan fingerprint density at radius 3 is 3.17 bits per heavy atom. The summed E-state index contributed by atoms with van der Waals surface area (Å²) in [5, 5.41) is 0.679. The van der Waals surface area contributed by atoms with Crippen molar-refractivity contribution in [3.8, 4) is 0 Å². The highest BCUT2D eigenvalue weighted by Crippen LogP contribution is 2.16. The molecule has 3 nitrogen and oxygen atoms in total. The molecule has 0 amide bonds. The van der Waals surface area contributed by atoms with E-state index in [-0.39, 0.29) is 5.78 Å². The zero-order valence-electron chi connectivity index (χ0n) is 6.95. The standard InChI is InChI=1S/C8H11NO2S/c1-7(10)3-2-6-12-8-9-4-5-11-8/h4-5H,2-3,6H2,1H3. The van der Waals surface area contributed by atoms with E-state index in [1.165, 1.54) is 11.8 Å². The smallest absolute Gasteiger partial charge is 0.255 e. The van der Waals surface area contributed by atoms with E-state index in [2.05, 4.69) is 4.98 Å². The summed E-state index contributed by atoms with van der Waals surface area (Å²) in [6.07, 6.45) is 4.71. The van der Waals surface area contributed by atoms with Gasteiger partial charge >= 0.3 is 0 Å². The number of carbonyl (C=O) groups excluding carboxylic acids is 1. The Kier molecular flexibility index (Phi) is 3.87. The number of oxazole rings is 1. The average Bonchev–Trinajstić information content (AvgIpc) is 2.49. The molecule has 0 N–H and O–H groups in total. The Labute approximate surface area is 75.6 Å². The van der Waals surface area contributed by atoms with E-state index in [0.717, 1.165) is 12.2 Å². The van der Waals surface area contributed by atoms with Gasteiger partial charge in [0, 0.05) is 12.2 Å². The molecule has 1 aromatic heterocycles. The van der Waals surface area contributed by atoms with Gasteiger partial charge in [0.05, 0.1) is 6.20 Å². The molecule has 0 aliphatic rings. The van der Waals surface area contributed by atoms with Crippen LogP contribution in [0.4, 0.5) is 0 Å². The lowest BCUT2D eigenvalue weighted by Gasteiger charge is -1.93. The Morgan fingerprint density at radius 1 is 1.75 bits per heavy atom. The molecule has 12 heavy (non-hydrogen) atoms. The van der Waals surface area contributed by atoms with Crippen LogP contribution >= 0.6 is 11.8 Å². The molecule has 0 unspecified atom stereocenters. The number of carbonyl (C=O) groups is 1. The van der Waals surface area contributed by atoms with E-state index < -0.39 is 0 Å². The van der Waals surface area contributed by atoms with Crippen LogP contribution in [0.5, 0.6) is 0 Å². The lowest BCUT2D eigenvalue weighted by atomic mass is 10.3. The van der Waals surface area contributed by atoms with Crippen LogP contribution in [0.25, 0.3) is 0 Å². The van der Waals surface area contributed by atoms with Crippen LogP contribution in [-0.4, -0.2) is 16.5 Å². The number of aromatic nitrogens is 1. The summed E-state index contributed by atoms with van der Waals surface area (Å²) >= 11 is 1.54. The van der Waals surface area contributed by atoms with Crippen molar-refractivity contribution in [3.05, 3.63) is 12.5 Å². The lowest BCUT2D eigenvalue weighted by Crippen LogP contribution is -1.90. The molecule has 1 rings (SSSR count). The second-order valence-electron chi connectivity index (χ2n) is 2.45. The molecule has 0 saturated carbocycles. The quantitative estimate of drug-likeness (QED) is 0.520. The third kappa shape index (κ3) is 3.57. The monoisotopic (exact) mass is 185 g/mol. The number of nitrogens with zero attached hydrogens (tertiary/aromatic N) is 1. The fourth-order valence-electron chi connectivity index (χ4n) is 0.762. The van der Waals surface area contributed by atoms with Gasteiger partial charge in [0.1, 0.15) is 12.0 Å². The van der Waals surface area contributed by atoms with Crippen LogP contribution in [0.2, 0.25) is 0 Å². The number of hydrogen-bond donors (Lipinski definition) is 0. The summed E-state index contributed by atoms with van der Waals surface area (Å²) in [4.78, 5) is 14.5. The Morgan fingerprint density at radius 2 is 2.58 bits per heavy atom. The van der Waals surface area contributed by atoms with Gasteiger partial charge in [-0.1, -0.05) is 11.8 Å². The molecule has 0 aliphatic carbocycles. The second kappa shape index (κ2) is 4.98. The summed E-state index contributed by atoms with van der Waals surface area (Å²) < 4.78 is 5.01. The minimum atomic E-state index is 0.239. The highest BCUT2D eigenvalue weighted by atomic mass is 32.2. The predicted molar refractivity (Wildman–Crippen MR) is 47.1 cm³/mol. The minimum absolute atomic E-state index is 0.239. The van der Waals surface area contributed by atoms with Gasteiger partial charge in [-0.15, -0.1) is 0 Å². The van der Waals surface area contributed by atoms with Crippen molar-refractivity contribution in [2.75, 3.05) is 5.75 Å². The van der Waals surface area contributed by atoms with Gasteiger partial charge in [-0.3, -0.25) is 0 Å². The molecule has 1 aromatic rings. The van der Waals surface area contributed by atoms with Crippen molar-refractivity contribution < 1.29 is 9.21 Å². The molecule has 0 atom stereocenters. The Balaban J connectivity index is 2.07. The normalized spacial score (nSPS) is 10.1. The molecule has 0 radical (unpaired) electrons. The maximum atomic E-state index is 10.6. The zero-order chi connectivity index (χ0) is 8.81. The van der Waals surface area contributed by atoms with Gasteiger partial charge in [-0.05, 0) is 13.3 Å². The zero-order valence-corrected chi connectivity index (χ0v) is 7.76. The van der Waals surface area contributed by atoms with Crippen LogP contribution in [0.3, 0.4) is 0 Å². The van der Waals surface area contributed by atoms with E-state index in [4.69, 9.17) is 4.42 Å². The second-order valence-corrected chi connectivity index (χ2v) is 3.50. The van der Waals surface area contributed by atoms with Gasteiger partial charge in [0.15, 0.2) is 0 Å². The molecular weight excluding hydrogens is 174 g/mol. The molecule has 0 fully saturated rings. The molecule has 0 spiro atoms. The van der Waals surface area contributed by atoms with Crippen LogP contribution in [-0.2, 0) is 4.79 Å². The first-order valence-corrected chi connectivity index (χ1v) is 4.79. The van der Waals surface area contributed by atoms with Gasteiger partial charge in [0.2, 0.25) is 0 Å². The molecular formula is C8H11NO2S. The number of thioether (sulfide) groups is 1. The first kappa shape index (κ1) is 9.32. The number of hydrogen-bond acceptors (Lipinski definition) is 4. The van der Waals surface area contributed by atoms with Crippen LogP contribution in [0, 0.1) is 0 Å². The maximum absolute atomic E-state index is 10.6. The van der Waals surface area contributed by atoms with Gasteiger partial charge in [-0.25, -0.2) is 4.98 Å². The minimum Gasteiger partial charge on any atom is -0.440 e. The SMILES string of the molecule is CC(=O)CCCSc1ncco1. The topological polar surface area (TPSA) is 43.1 Å². The number of Topliss-reactive ketones (excluding diaryl/α,β-unsaturated/α-hetero) is 1. The van der Waals surface area contributed by atoms with E-state index in [0.29, 0.717) is 11.6 Å². The highest BCUT2D eigenvalue weighted by molar-refractivity contribution is 7.99. The van der Waals surface area contributed by atoms with Crippen molar-refractivity contribution in [3.63, 3.8) is 0 Å². The third-order valence-electron chi connectivity index (χ3n) is 1.31. The van der Waals surface area contributed by atoms with Gasteiger partial charge in [0.25, 0.3) is 5.22 Å². The lowest BCUT2D eigenvalue weighted by molar-refractivity contribution is -0.117. The third-order valence-corrected chi connectivity index (χ3v) is 2.25. The van der Waals surface area contributed by atoms with Crippen LogP contribution < -0.4 is 0 Å². The molecule has 0 saturated heterocycles. The summed E-state index contributed by atoms with van der Waals surface area (Å²) in [5.74, 6) is 1.13. The first-order valence-electron chi connectivity index (χ1n) is 3.81. The van der Waals surface area contributed by atoms with Gasteiger partial charge in [-0.2, -0.15) is 0 Å². The summed E-state index contributed by atoms with van der Waals surface area (Å²) in [6, 6.07) is 0. The average molecular weight is 185 g/mol. The molecule has 4 heteroatoms. The fourth-order valence-corrected chi connectivity index (χ4v) is 1.48. The first-order chi connectivity index (χ1) is 5.79. The van der Waals surface area contributed by atoms with Crippen molar-refractivity contribution in [1.82, 2.24) is 4.98 Å². The van der Waals surface area contributed by atoms with Gasteiger partial charge < -0.3 is 9.21 Å². The van der Waals surface area contributed by atoms with E-state index in [9.17, 15) is 4.79 Å². The van der Waals surface area contributed by atoms with Crippen molar-refractivity contribution in [1.29, 1.82) is 0 Å². The van der Waals surface area contributed by atoms with Crippen molar-refractivity contribution in [2.24, 2.45) is 0 Å². The van der Waals surface area contributed by atoms with Crippen LogP contribution in [0.15, 0.2) is 22.1 Å². The molecule has 0 aliphatic heterocycles. The van der Waals surface area contributed by atoms with E-state index >= 15 is 0 Å².